The molecule has 0 aliphatic heterocycles. The fourth-order valence-electron chi connectivity index (χ4n) is 2.66. The second kappa shape index (κ2) is 6.65. The SMILES string of the molecule is Cc1cc(C)cc(Oc2cccc(C(F)(F)F)c2CC(C)C)c1. The molecule has 0 amide bonds. The van der Waals surface area contributed by atoms with Gasteiger partial charge in [-0.15, -0.1) is 0 Å². The van der Waals surface area contributed by atoms with Gasteiger partial charge in [-0.1, -0.05) is 26.0 Å². The van der Waals surface area contributed by atoms with Crippen molar-refractivity contribution in [1.82, 2.24) is 0 Å². The van der Waals surface area contributed by atoms with E-state index >= 15 is 0 Å². The van der Waals surface area contributed by atoms with Crippen LogP contribution in [0.5, 0.6) is 11.5 Å². The topological polar surface area (TPSA) is 9.23 Å². The molecule has 0 saturated carbocycles. The van der Waals surface area contributed by atoms with E-state index in [1.807, 2.05) is 45.9 Å². The molecule has 0 bridgehead atoms. The molecule has 0 spiro atoms. The predicted molar refractivity (Wildman–Crippen MR) is 86.0 cm³/mol. The molecule has 0 heterocycles. The molecule has 1 nitrogen and oxygen atoms in total. The monoisotopic (exact) mass is 322 g/mol. The van der Waals surface area contributed by atoms with E-state index in [1.54, 1.807) is 6.07 Å². The zero-order valence-corrected chi connectivity index (χ0v) is 13.8. The van der Waals surface area contributed by atoms with Crippen LogP contribution < -0.4 is 4.74 Å². The Morgan fingerprint density at radius 3 is 2.13 bits per heavy atom. The minimum absolute atomic E-state index is 0.0973. The molecule has 0 fully saturated rings. The van der Waals surface area contributed by atoms with Gasteiger partial charge in [0, 0.05) is 5.56 Å². The van der Waals surface area contributed by atoms with Crippen molar-refractivity contribution >= 4 is 0 Å². The lowest BCUT2D eigenvalue weighted by Crippen LogP contribution is -2.12. The second-order valence-electron chi connectivity index (χ2n) is 6.30. The number of hydrogen-bond acceptors (Lipinski definition) is 1. The number of hydrogen-bond donors (Lipinski definition) is 0. The van der Waals surface area contributed by atoms with Crippen LogP contribution in [-0.2, 0) is 12.6 Å². The van der Waals surface area contributed by atoms with Gasteiger partial charge in [-0.2, -0.15) is 13.2 Å². The number of rotatable bonds is 4. The van der Waals surface area contributed by atoms with E-state index in [2.05, 4.69) is 0 Å². The quantitative estimate of drug-likeness (QED) is 0.640. The van der Waals surface area contributed by atoms with Gasteiger partial charge in [0.05, 0.1) is 5.56 Å². The summed E-state index contributed by atoms with van der Waals surface area (Å²) in [6.07, 6.45) is -4.07. The Balaban J connectivity index is 2.48. The summed E-state index contributed by atoms with van der Waals surface area (Å²) in [5.41, 5.74) is 1.62. The Bertz CT molecular complexity index is 667. The Morgan fingerprint density at radius 1 is 1.00 bits per heavy atom. The van der Waals surface area contributed by atoms with Crippen LogP contribution >= 0.6 is 0 Å². The molecular formula is C19H21F3O. The zero-order chi connectivity index (χ0) is 17.2. The number of aryl methyl sites for hydroxylation is 2. The van der Waals surface area contributed by atoms with Crippen molar-refractivity contribution in [3.8, 4) is 11.5 Å². The molecule has 0 atom stereocenters. The Morgan fingerprint density at radius 2 is 1.61 bits per heavy atom. The minimum atomic E-state index is -4.38. The Labute approximate surface area is 135 Å². The van der Waals surface area contributed by atoms with Gasteiger partial charge in [0.25, 0.3) is 0 Å². The first kappa shape index (κ1) is 17.4. The number of alkyl halides is 3. The van der Waals surface area contributed by atoms with Gasteiger partial charge in [0.2, 0.25) is 0 Å². The highest BCUT2D eigenvalue weighted by atomic mass is 19.4. The van der Waals surface area contributed by atoms with Crippen molar-refractivity contribution in [2.24, 2.45) is 5.92 Å². The molecule has 124 valence electrons. The third-order valence-corrected chi connectivity index (χ3v) is 3.47. The summed E-state index contributed by atoms with van der Waals surface area (Å²) in [6.45, 7) is 7.66. The van der Waals surface area contributed by atoms with E-state index in [9.17, 15) is 13.2 Å². The summed E-state index contributed by atoms with van der Waals surface area (Å²) in [5, 5.41) is 0. The van der Waals surface area contributed by atoms with Crippen LogP contribution in [0.2, 0.25) is 0 Å². The van der Waals surface area contributed by atoms with E-state index in [4.69, 9.17) is 4.74 Å². The van der Waals surface area contributed by atoms with Crippen molar-refractivity contribution in [1.29, 1.82) is 0 Å². The minimum Gasteiger partial charge on any atom is -0.457 e. The van der Waals surface area contributed by atoms with Crippen molar-refractivity contribution in [2.45, 2.75) is 40.3 Å². The Kier molecular flexibility index (Phi) is 5.03. The number of benzene rings is 2. The summed E-state index contributed by atoms with van der Waals surface area (Å²) in [4.78, 5) is 0. The van der Waals surface area contributed by atoms with Crippen molar-refractivity contribution < 1.29 is 17.9 Å². The number of ether oxygens (including phenoxy) is 1. The maximum Gasteiger partial charge on any atom is 0.416 e. The lowest BCUT2D eigenvalue weighted by atomic mass is 9.96. The van der Waals surface area contributed by atoms with Gasteiger partial charge < -0.3 is 4.74 Å². The van der Waals surface area contributed by atoms with Crippen molar-refractivity contribution in [3.63, 3.8) is 0 Å². The Hall–Kier alpha value is -1.97. The van der Waals surface area contributed by atoms with Gasteiger partial charge in [-0.25, -0.2) is 0 Å². The lowest BCUT2D eigenvalue weighted by molar-refractivity contribution is -0.138. The third kappa shape index (κ3) is 4.50. The molecule has 2 aromatic rings. The molecular weight excluding hydrogens is 301 g/mol. The summed E-state index contributed by atoms with van der Waals surface area (Å²) < 4.78 is 45.7. The number of halogens is 3. The molecule has 0 radical (unpaired) electrons. The van der Waals surface area contributed by atoms with Crippen molar-refractivity contribution in [3.05, 3.63) is 58.7 Å². The molecule has 23 heavy (non-hydrogen) atoms. The van der Waals surface area contributed by atoms with E-state index in [0.717, 1.165) is 17.2 Å². The molecule has 0 aliphatic carbocycles. The normalized spacial score (nSPS) is 11.8. The highest BCUT2D eigenvalue weighted by molar-refractivity contribution is 5.45. The van der Waals surface area contributed by atoms with Crippen molar-refractivity contribution in [2.75, 3.05) is 0 Å². The largest absolute Gasteiger partial charge is 0.457 e. The van der Waals surface area contributed by atoms with Crippen LogP contribution in [0, 0.1) is 19.8 Å². The molecule has 0 unspecified atom stereocenters. The van der Waals surface area contributed by atoms with E-state index in [0.29, 0.717) is 12.2 Å². The molecule has 0 N–H and O–H groups in total. The smallest absolute Gasteiger partial charge is 0.416 e. The summed E-state index contributed by atoms with van der Waals surface area (Å²) in [7, 11) is 0. The predicted octanol–water partition coefficient (Wildman–Crippen LogP) is 6.31. The highest BCUT2D eigenvalue weighted by Crippen LogP contribution is 2.38. The maximum atomic E-state index is 13.3. The fourth-order valence-corrected chi connectivity index (χ4v) is 2.66. The van der Waals surface area contributed by atoms with Gasteiger partial charge in [-0.3, -0.25) is 0 Å². The van der Waals surface area contributed by atoms with Gasteiger partial charge >= 0.3 is 6.18 Å². The molecule has 0 aliphatic rings. The summed E-state index contributed by atoms with van der Waals surface area (Å²) in [6, 6.07) is 9.76. The zero-order valence-electron chi connectivity index (χ0n) is 13.8. The molecule has 2 aromatic carbocycles. The second-order valence-corrected chi connectivity index (χ2v) is 6.30. The first-order chi connectivity index (χ1) is 10.7. The first-order valence-electron chi connectivity index (χ1n) is 7.62. The van der Waals surface area contributed by atoms with Crippen LogP contribution in [0.25, 0.3) is 0 Å². The summed E-state index contributed by atoms with van der Waals surface area (Å²) in [5.74, 6) is 0.936. The van der Waals surface area contributed by atoms with E-state index in [1.165, 1.54) is 6.07 Å². The van der Waals surface area contributed by atoms with Crippen LogP contribution in [-0.4, -0.2) is 0 Å². The van der Waals surface area contributed by atoms with Crippen LogP contribution in [0.4, 0.5) is 13.2 Å². The molecule has 2 rings (SSSR count). The highest BCUT2D eigenvalue weighted by Gasteiger charge is 2.34. The lowest BCUT2D eigenvalue weighted by Gasteiger charge is -2.19. The molecule has 4 heteroatoms. The van der Waals surface area contributed by atoms with Gasteiger partial charge in [0.15, 0.2) is 0 Å². The third-order valence-electron chi connectivity index (χ3n) is 3.47. The standard InChI is InChI=1S/C19H21F3O/c1-12(2)8-16-17(19(20,21)22)6-5-7-18(16)23-15-10-13(3)9-14(4)11-15/h5-7,9-12H,8H2,1-4H3. The molecule has 0 aromatic heterocycles. The first-order valence-corrected chi connectivity index (χ1v) is 7.62. The maximum absolute atomic E-state index is 13.3. The van der Waals surface area contributed by atoms with E-state index in [-0.39, 0.29) is 17.2 Å². The fraction of sp³-hybridized carbons (Fsp3) is 0.368. The summed E-state index contributed by atoms with van der Waals surface area (Å²) >= 11 is 0. The van der Waals surface area contributed by atoms with Gasteiger partial charge in [0.1, 0.15) is 11.5 Å². The van der Waals surface area contributed by atoms with E-state index < -0.39 is 11.7 Å². The van der Waals surface area contributed by atoms with Crippen LogP contribution in [0.3, 0.4) is 0 Å². The van der Waals surface area contributed by atoms with Gasteiger partial charge in [-0.05, 0) is 61.6 Å². The average molecular weight is 322 g/mol. The molecule has 0 saturated heterocycles. The average Bonchev–Trinajstić information content (AvgIpc) is 2.37. The van der Waals surface area contributed by atoms with Crippen LogP contribution in [0.1, 0.15) is 36.1 Å². The van der Waals surface area contributed by atoms with Crippen LogP contribution in [0.15, 0.2) is 36.4 Å².